The number of rotatable bonds is 6. The van der Waals surface area contributed by atoms with Crippen molar-refractivity contribution < 1.29 is 26.0 Å². The number of hydrogen-bond acceptors (Lipinski definition) is 5. The molecule has 0 spiro atoms. The normalized spacial score (nSPS) is 16.2. The van der Waals surface area contributed by atoms with Crippen molar-refractivity contribution in [2.24, 2.45) is 5.92 Å². The molecule has 168 valence electrons. The first-order valence-electron chi connectivity index (χ1n) is 9.34. The average molecular weight is 490 g/mol. The van der Waals surface area contributed by atoms with Crippen molar-refractivity contribution in [3.63, 3.8) is 0 Å². The van der Waals surface area contributed by atoms with E-state index in [9.17, 15) is 26.0 Å². The van der Waals surface area contributed by atoms with Gasteiger partial charge in [-0.15, -0.1) is 0 Å². The Balaban J connectivity index is 1.65. The van der Waals surface area contributed by atoms with Gasteiger partial charge in [-0.1, -0.05) is 17.7 Å². The largest absolute Gasteiger partial charge is 0.326 e. The summed E-state index contributed by atoms with van der Waals surface area (Å²) in [5.74, 6) is -1.46. The van der Waals surface area contributed by atoms with E-state index in [1.54, 1.807) is 6.07 Å². The number of carbonyl (C=O) groups excluding carboxylic acids is 1. The number of sulfonamides is 2. The summed E-state index contributed by atoms with van der Waals surface area (Å²) in [5.41, 5.74) is 0.331. The molecular formula is C19H21ClFN3O5S2. The van der Waals surface area contributed by atoms with Gasteiger partial charge in [-0.3, -0.25) is 4.79 Å². The Morgan fingerprint density at radius 3 is 2.35 bits per heavy atom. The highest BCUT2D eigenvalue weighted by atomic mass is 35.5. The van der Waals surface area contributed by atoms with Crippen LogP contribution in [0.2, 0.25) is 5.02 Å². The minimum Gasteiger partial charge on any atom is -0.326 e. The van der Waals surface area contributed by atoms with E-state index in [0.717, 1.165) is 18.2 Å². The van der Waals surface area contributed by atoms with Gasteiger partial charge in [-0.2, -0.15) is 4.31 Å². The minimum atomic E-state index is -3.86. The van der Waals surface area contributed by atoms with Gasteiger partial charge in [0, 0.05) is 24.7 Å². The van der Waals surface area contributed by atoms with Crippen molar-refractivity contribution in [2.75, 3.05) is 25.5 Å². The molecule has 1 aliphatic heterocycles. The number of amides is 1. The maximum Gasteiger partial charge on any atom is 0.243 e. The lowest BCUT2D eigenvalue weighted by Gasteiger charge is -2.30. The van der Waals surface area contributed by atoms with Gasteiger partial charge in [0.25, 0.3) is 0 Å². The lowest BCUT2D eigenvalue weighted by Crippen LogP contribution is -2.41. The second kappa shape index (κ2) is 9.21. The Labute approximate surface area is 185 Å². The van der Waals surface area contributed by atoms with E-state index >= 15 is 0 Å². The Bertz CT molecular complexity index is 1200. The summed E-state index contributed by atoms with van der Waals surface area (Å²) in [6, 6.07) is 9.07. The average Bonchev–Trinajstić information content (AvgIpc) is 2.75. The third-order valence-electron chi connectivity index (χ3n) is 5.03. The smallest absolute Gasteiger partial charge is 0.243 e. The van der Waals surface area contributed by atoms with Gasteiger partial charge in [0.05, 0.1) is 14.8 Å². The Morgan fingerprint density at radius 2 is 1.74 bits per heavy atom. The van der Waals surface area contributed by atoms with Gasteiger partial charge in [0.1, 0.15) is 5.82 Å². The fraction of sp³-hybridized carbons (Fsp3) is 0.316. The van der Waals surface area contributed by atoms with E-state index in [0.29, 0.717) is 5.69 Å². The highest BCUT2D eigenvalue weighted by molar-refractivity contribution is 7.89. The van der Waals surface area contributed by atoms with Gasteiger partial charge in [-0.25, -0.2) is 25.9 Å². The molecule has 1 heterocycles. The number of hydrogen-bond donors (Lipinski definition) is 2. The maximum atomic E-state index is 13.3. The number of piperidine rings is 1. The van der Waals surface area contributed by atoms with Crippen molar-refractivity contribution in [2.45, 2.75) is 22.6 Å². The summed E-state index contributed by atoms with van der Waals surface area (Å²) in [6.07, 6.45) is 0.572. The monoisotopic (exact) mass is 489 g/mol. The molecule has 0 atom stereocenters. The lowest BCUT2D eigenvalue weighted by atomic mass is 9.97. The third-order valence-corrected chi connectivity index (χ3v) is 8.63. The SMILES string of the molecule is CNS(=O)(=O)c1cccc(NC(=O)C2CCN(S(=O)(=O)c3ccc(F)c(Cl)c3)CC2)c1. The molecule has 0 saturated carbocycles. The quantitative estimate of drug-likeness (QED) is 0.647. The molecule has 12 heteroatoms. The lowest BCUT2D eigenvalue weighted by molar-refractivity contribution is -0.120. The van der Waals surface area contributed by atoms with Crippen molar-refractivity contribution >= 4 is 43.2 Å². The van der Waals surface area contributed by atoms with Crippen LogP contribution in [-0.2, 0) is 24.8 Å². The number of benzene rings is 2. The third kappa shape index (κ3) is 5.24. The van der Waals surface area contributed by atoms with E-state index in [1.807, 2.05) is 0 Å². The molecule has 2 aromatic rings. The summed E-state index contributed by atoms with van der Waals surface area (Å²) in [5, 5.41) is 2.41. The molecule has 0 unspecified atom stereocenters. The first kappa shape index (κ1) is 23.6. The Morgan fingerprint density at radius 1 is 1.06 bits per heavy atom. The van der Waals surface area contributed by atoms with Gasteiger partial charge in [0.2, 0.25) is 26.0 Å². The standard InChI is InChI=1S/C19H21ClFN3O5S2/c1-22-30(26,27)15-4-2-3-14(11-15)23-19(25)13-7-9-24(10-8-13)31(28,29)16-5-6-18(21)17(20)12-16/h2-6,11-13,22H,7-10H2,1H3,(H,23,25). The van der Waals surface area contributed by atoms with Crippen LogP contribution in [0.25, 0.3) is 0 Å². The zero-order valence-corrected chi connectivity index (χ0v) is 18.9. The highest BCUT2D eigenvalue weighted by Gasteiger charge is 2.32. The zero-order valence-electron chi connectivity index (χ0n) is 16.5. The van der Waals surface area contributed by atoms with E-state index in [-0.39, 0.29) is 46.7 Å². The Hall–Kier alpha value is -2.05. The molecule has 0 bridgehead atoms. The van der Waals surface area contributed by atoms with Crippen LogP contribution < -0.4 is 10.0 Å². The summed E-state index contributed by atoms with van der Waals surface area (Å²) >= 11 is 5.70. The molecule has 0 aromatic heterocycles. The van der Waals surface area contributed by atoms with Gasteiger partial charge >= 0.3 is 0 Å². The van der Waals surface area contributed by atoms with E-state index < -0.39 is 31.8 Å². The van der Waals surface area contributed by atoms with Crippen LogP contribution in [0.15, 0.2) is 52.3 Å². The van der Waals surface area contributed by atoms with Gasteiger partial charge < -0.3 is 5.32 Å². The number of halogens is 2. The summed E-state index contributed by atoms with van der Waals surface area (Å²) < 4.78 is 66.1. The molecule has 2 aromatic carbocycles. The second-order valence-corrected chi connectivity index (χ2v) is 11.2. The van der Waals surface area contributed by atoms with Crippen molar-refractivity contribution in [3.8, 4) is 0 Å². The van der Waals surface area contributed by atoms with Crippen LogP contribution in [0, 0.1) is 11.7 Å². The van der Waals surface area contributed by atoms with Crippen LogP contribution in [0.1, 0.15) is 12.8 Å². The van der Waals surface area contributed by atoms with Crippen molar-refractivity contribution in [1.82, 2.24) is 9.03 Å². The minimum absolute atomic E-state index is 0.0201. The predicted molar refractivity (Wildman–Crippen MR) is 114 cm³/mol. The van der Waals surface area contributed by atoms with Crippen LogP contribution >= 0.6 is 11.6 Å². The molecular weight excluding hydrogens is 469 g/mol. The van der Waals surface area contributed by atoms with Crippen molar-refractivity contribution in [3.05, 3.63) is 53.3 Å². The fourth-order valence-corrected chi connectivity index (χ4v) is 5.77. The molecule has 1 amide bonds. The Kier molecular flexibility index (Phi) is 7.01. The van der Waals surface area contributed by atoms with Crippen molar-refractivity contribution in [1.29, 1.82) is 0 Å². The summed E-state index contributed by atoms with van der Waals surface area (Å²) in [4.78, 5) is 12.5. The fourth-order valence-electron chi connectivity index (χ4n) is 3.25. The molecule has 1 aliphatic rings. The maximum absolute atomic E-state index is 13.3. The number of anilines is 1. The molecule has 3 rings (SSSR count). The van der Waals surface area contributed by atoms with E-state index in [1.165, 1.54) is 29.6 Å². The van der Waals surface area contributed by atoms with Crippen LogP contribution in [-0.4, -0.2) is 47.2 Å². The molecule has 2 N–H and O–H groups in total. The molecule has 31 heavy (non-hydrogen) atoms. The first-order chi connectivity index (χ1) is 14.5. The number of nitrogens with one attached hydrogen (secondary N) is 2. The molecule has 0 aliphatic carbocycles. The predicted octanol–water partition coefficient (Wildman–Crippen LogP) is 2.43. The highest BCUT2D eigenvalue weighted by Crippen LogP contribution is 2.27. The van der Waals surface area contributed by atoms with Gasteiger partial charge in [0.15, 0.2) is 0 Å². The zero-order chi connectivity index (χ0) is 22.8. The van der Waals surface area contributed by atoms with E-state index in [4.69, 9.17) is 11.6 Å². The topological polar surface area (TPSA) is 113 Å². The van der Waals surface area contributed by atoms with Crippen LogP contribution in [0.3, 0.4) is 0 Å². The van der Waals surface area contributed by atoms with Crippen LogP contribution in [0.5, 0.6) is 0 Å². The molecule has 8 nitrogen and oxygen atoms in total. The number of nitrogens with zero attached hydrogens (tertiary/aromatic N) is 1. The number of carbonyl (C=O) groups is 1. The van der Waals surface area contributed by atoms with Gasteiger partial charge in [-0.05, 0) is 56.3 Å². The first-order valence-corrected chi connectivity index (χ1v) is 12.6. The summed E-state index contributed by atoms with van der Waals surface area (Å²) in [7, 11) is -6.21. The summed E-state index contributed by atoms with van der Waals surface area (Å²) in [6.45, 7) is 0.229. The second-order valence-electron chi connectivity index (χ2n) is 6.98. The molecule has 1 fully saturated rings. The van der Waals surface area contributed by atoms with E-state index in [2.05, 4.69) is 10.0 Å². The van der Waals surface area contributed by atoms with Crippen LogP contribution in [0.4, 0.5) is 10.1 Å². The molecule has 1 saturated heterocycles. The molecule has 0 radical (unpaired) electrons.